The van der Waals surface area contributed by atoms with Crippen molar-refractivity contribution in [3.8, 4) is 0 Å². The highest BCUT2D eigenvalue weighted by Crippen LogP contribution is 2.22. The van der Waals surface area contributed by atoms with Crippen molar-refractivity contribution in [2.24, 2.45) is 5.92 Å². The van der Waals surface area contributed by atoms with Crippen LogP contribution >= 0.6 is 24.4 Å². The van der Waals surface area contributed by atoms with E-state index < -0.39 is 0 Å². The lowest BCUT2D eigenvalue weighted by Gasteiger charge is -2.21. The summed E-state index contributed by atoms with van der Waals surface area (Å²) in [7, 11) is 0. The van der Waals surface area contributed by atoms with Crippen molar-refractivity contribution >= 4 is 30.3 Å². The molecule has 17 heavy (non-hydrogen) atoms. The molecular weight excluding hydrogens is 250 g/mol. The number of amides is 1. The van der Waals surface area contributed by atoms with Crippen molar-refractivity contribution in [3.63, 3.8) is 0 Å². The van der Waals surface area contributed by atoms with E-state index in [0.29, 0.717) is 11.5 Å². The number of carbonyl (C=O) groups excluding carboxylic acids is 1. The summed E-state index contributed by atoms with van der Waals surface area (Å²) in [5.74, 6) is 3.09. The Hall–Kier alpha value is -0.610. The van der Waals surface area contributed by atoms with Crippen LogP contribution in [0, 0.1) is 5.92 Å². The molecule has 1 saturated heterocycles. The van der Waals surface area contributed by atoms with Crippen LogP contribution < -0.4 is 5.32 Å². The van der Waals surface area contributed by atoms with Crippen LogP contribution in [-0.2, 0) is 0 Å². The molecule has 1 aliphatic rings. The molecule has 0 aliphatic carbocycles. The second kappa shape index (κ2) is 6.36. The van der Waals surface area contributed by atoms with E-state index in [9.17, 15) is 4.79 Å². The van der Waals surface area contributed by atoms with Crippen molar-refractivity contribution in [2.75, 3.05) is 18.1 Å². The first-order chi connectivity index (χ1) is 8.27. The normalized spacial score (nSPS) is 16.8. The van der Waals surface area contributed by atoms with Crippen molar-refractivity contribution in [3.05, 3.63) is 29.8 Å². The van der Waals surface area contributed by atoms with Gasteiger partial charge in [0.25, 0.3) is 5.91 Å². The summed E-state index contributed by atoms with van der Waals surface area (Å²) in [5, 5.41) is 3.01. The van der Waals surface area contributed by atoms with Gasteiger partial charge in [0.05, 0.1) is 5.56 Å². The minimum absolute atomic E-state index is 0.00572. The molecule has 1 fully saturated rings. The number of rotatable bonds is 3. The second-order valence-electron chi connectivity index (χ2n) is 4.28. The number of hydrogen-bond donors (Lipinski definition) is 2. The number of thiol groups is 1. The Balaban J connectivity index is 1.87. The number of hydrogen-bond acceptors (Lipinski definition) is 3. The van der Waals surface area contributed by atoms with E-state index in [0.717, 1.165) is 11.4 Å². The van der Waals surface area contributed by atoms with Gasteiger partial charge in [-0.3, -0.25) is 4.79 Å². The predicted octanol–water partition coefficient (Wildman–Crippen LogP) is 2.85. The summed E-state index contributed by atoms with van der Waals surface area (Å²) in [6.07, 6.45) is 2.43. The maximum absolute atomic E-state index is 11.9. The fraction of sp³-hybridized carbons (Fsp3) is 0.462. The smallest absolute Gasteiger partial charge is 0.252 e. The van der Waals surface area contributed by atoms with Crippen LogP contribution in [0.4, 0.5) is 0 Å². The molecule has 4 heteroatoms. The maximum atomic E-state index is 11.9. The van der Waals surface area contributed by atoms with Crippen LogP contribution in [0.15, 0.2) is 29.2 Å². The number of thioether (sulfide) groups is 1. The van der Waals surface area contributed by atoms with Crippen LogP contribution in [0.5, 0.6) is 0 Å². The third-order valence-corrected chi connectivity index (χ3v) is 4.48. The molecule has 0 spiro atoms. The zero-order valence-corrected chi connectivity index (χ0v) is 11.4. The molecule has 1 aliphatic heterocycles. The molecule has 0 bridgehead atoms. The molecule has 1 aromatic rings. The number of carbonyl (C=O) groups is 1. The Labute approximate surface area is 112 Å². The number of benzene rings is 1. The summed E-state index contributed by atoms with van der Waals surface area (Å²) < 4.78 is 0. The van der Waals surface area contributed by atoms with Crippen LogP contribution in [0.2, 0.25) is 0 Å². The molecule has 0 saturated carbocycles. The van der Waals surface area contributed by atoms with E-state index >= 15 is 0 Å². The van der Waals surface area contributed by atoms with Crippen LogP contribution in [0.3, 0.4) is 0 Å². The van der Waals surface area contributed by atoms with Crippen LogP contribution in [0.25, 0.3) is 0 Å². The fourth-order valence-corrected chi connectivity index (χ4v) is 3.41. The van der Waals surface area contributed by atoms with Crippen molar-refractivity contribution < 1.29 is 4.79 Å². The average molecular weight is 267 g/mol. The SMILES string of the molecule is O=C(NCC1CCSCC1)c1ccccc1S. The van der Waals surface area contributed by atoms with Gasteiger partial charge in [0.2, 0.25) is 0 Å². The van der Waals surface area contributed by atoms with Gasteiger partial charge < -0.3 is 5.32 Å². The lowest BCUT2D eigenvalue weighted by atomic mass is 10.0. The fourth-order valence-electron chi connectivity index (χ4n) is 1.95. The monoisotopic (exact) mass is 267 g/mol. The summed E-state index contributed by atoms with van der Waals surface area (Å²) >= 11 is 6.30. The van der Waals surface area contributed by atoms with Crippen LogP contribution in [0.1, 0.15) is 23.2 Å². The van der Waals surface area contributed by atoms with E-state index in [1.807, 2.05) is 36.0 Å². The first-order valence-electron chi connectivity index (χ1n) is 5.91. The molecule has 0 radical (unpaired) electrons. The lowest BCUT2D eigenvalue weighted by Crippen LogP contribution is -2.31. The molecule has 1 N–H and O–H groups in total. The minimum Gasteiger partial charge on any atom is -0.352 e. The third-order valence-electron chi connectivity index (χ3n) is 3.04. The van der Waals surface area contributed by atoms with Crippen molar-refractivity contribution in [1.82, 2.24) is 5.32 Å². The molecule has 0 atom stereocenters. The molecule has 1 heterocycles. The highest BCUT2D eigenvalue weighted by Gasteiger charge is 2.15. The van der Waals surface area contributed by atoms with Gasteiger partial charge in [0.15, 0.2) is 0 Å². The third kappa shape index (κ3) is 3.68. The summed E-state index contributed by atoms with van der Waals surface area (Å²) in [5.41, 5.74) is 0.668. The van der Waals surface area contributed by atoms with E-state index in [1.165, 1.54) is 24.3 Å². The molecule has 0 unspecified atom stereocenters. The molecule has 1 aromatic carbocycles. The van der Waals surface area contributed by atoms with Gasteiger partial charge >= 0.3 is 0 Å². The Morgan fingerprint density at radius 3 is 2.76 bits per heavy atom. The highest BCUT2D eigenvalue weighted by molar-refractivity contribution is 7.99. The summed E-state index contributed by atoms with van der Waals surface area (Å²) in [6.45, 7) is 0.793. The Morgan fingerprint density at radius 1 is 1.35 bits per heavy atom. The maximum Gasteiger partial charge on any atom is 0.252 e. The van der Waals surface area contributed by atoms with E-state index in [-0.39, 0.29) is 5.91 Å². The van der Waals surface area contributed by atoms with Gasteiger partial charge in [0, 0.05) is 11.4 Å². The highest BCUT2D eigenvalue weighted by atomic mass is 32.2. The molecule has 2 nitrogen and oxygen atoms in total. The quantitative estimate of drug-likeness (QED) is 0.825. The molecule has 92 valence electrons. The van der Waals surface area contributed by atoms with E-state index in [1.54, 1.807) is 0 Å². The Morgan fingerprint density at radius 2 is 2.06 bits per heavy atom. The van der Waals surface area contributed by atoms with Gasteiger partial charge in [-0.1, -0.05) is 12.1 Å². The number of nitrogens with one attached hydrogen (secondary N) is 1. The van der Waals surface area contributed by atoms with E-state index in [2.05, 4.69) is 17.9 Å². The first kappa shape index (κ1) is 12.8. The molecule has 0 aromatic heterocycles. The standard InChI is InChI=1S/C13H17NOS2/c15-13(11-3-1-2-4-12(11)16)14-9-10-5-7-17-8-6-10/h1-4,10,16H,5-9H2,(H,14,15). The van der Waals surface area contributed by atoms with E-state index in [4.69, 9.17) is 0 Å². The van der Waals surface area contributed by atoms with Gasteiger partial charge in [-0.25, -0.2) is 0 Å². The molecule has 2 rings (SSSR count). The van der Waals surface area contributed by atoms with Crippen molar-refractivity contribution in [2.45, 2.75) is 17.7 Å². The topological polar surface area (TPSA) is 29.1 Å². The molecular formula is C13H17NOS2. The van der Waals surface area contributed by atoms with Crippen molar-refractivity contribution in [1.29, 1.82) is 0 Å². The van der Waals surface area contributed by atoms with Gasteiger partial charge in [-0.15, -0.1) is 12.6 Å². The Kier molecular flexibility index (Phi) is 4.80. The van der Waals surface area contributed by atoms with Crippen LogP contribution in [-0.4, -0.2) is 24.0 Å². The average Bonchev–Trinajstić information content (AvgIpc) is 2.38. The largest absolute Gasteiger partial charge is 0.352 e. The first-order valence-corrected chi connectivity index (χ1v) is 7.51. The Bertz CT molecular complexity index is 389. The van der Waals surface area contributed by atoms with Gasteiger partial charge in [-0.05, 0) is 42.4 Å². The van der Waals surface area contributed by atoms with Gasteiger partial charge in [-0.2, -0.15) is 11.8 Å². The summed E-state index contributed by atoms with van der Waals surface area (Å²) in [4.78, 5) is 12.7. The van der Waals surface area contributed by atoms with Gasteiger partial charge in [0.1, 0.15) is 0 Å². The summed E-state index contributed by atoms with van der Waals surface area (Å²) in [6, 6.07) is 7.41. The predicted molar refractivity (Wildman–Crippen MR) is 76.1 cm³/mol. The second-order valence-corrected chi connectivity index (χ2v) is 5.99. The zero-order chi connectivity index (χ0) is 12.1. The molecule has 1 amide bonds. The zero-order valence-electron chi connectivity index (χ0n) is 9.69. The minimum atomic E-state index is -0.00572. The lowest BCUT2D eigenvalue weighted by molar-refractivity contribution is 0.0943.